The Morgan fingerprint density at radius 3 is 1.82 bits per heavy atom. The molecule has 3 aromatic carbocycles. The van der Waals surface area contributed by atoms with Crippen molar-refractivity contribution in [2.45, 2.75) is 103 Å². The van der Waals surface area contributed by atoms with Crippen molar-refractivity contribution in [3.63, 3.8) is 0 Å². The summed E-state index contributed by atoms with van der Waals surface area (Å²) in [6, 6.07) is 24.4. The fraction of sp³-hybridized carbons (Fsp3) is 0.500. The minimum Gasteiger partial charge on any atom is -0.542 e. The predicted molar refractivity (Wildman–Crippen MR) is 201 cm³/mol. The third-order valence-corrected chi connectivity index (χ3v) is 21.2. The molecule has 2 atom stereocenters. The fourth-order valence-electron chi connectivity index (χ4n) is 8.02. The van der Waals surface area contributed by atoms with Gasteiger partial charge in [-0.15, -0.1) is 0 Å². The van der Waals surface area contributed by atoms with Crippen LogP contribution >= 0.6 is 0 Å². The zero-order chi connectivity index (χ0) is 36.1. The van der Waals surface area contributed by atoms with E-state index in [1.54, 1.807) is 14.0 Å². The predicted octanol–water partition coefficient (Wildman–Crippen LogP) is 8.61. The van der Waals surface area contributed by atoms with Crippen LogP contribution in [-0.2, 0) is 18.7 Å². The highest BCUT2D eigenvalue weighted by molar-refractivity contribution is 6.99. The van der Waals surface area contributed by atoms with Crippen LogP contribution in [0.1, 0.15) is 97.7 Å². The molecule has 1 aliphatic heterocycles. The van der Waals surface area contributed by atoms with Gasteiger partial charge in [-0.1, -0.05) is 123 Å². The zero-order valence-corrected chi connectivity index (χ0v) is 33.3. The van der Waals surface area contributed by atoms with Crippen molar-refractivity contribution in [3.8, 4) is 11.5 Å². The SMILES string of the molecule is CCOC(=O)c1c(O[Si](C(C)C)(C(C)C)C(C)C)cc(OC)cc1[C@@H](O[Si](c1ccccc1)(c1ccccc1)C(C)(C)C)[C@@H]1COC(=O)C1. The van der Waals surface area contributed by atoms with E-state index in [9.17, 15) is 9.59 Å². The van der Waals surface area contributed by atoms with Gasteiger partial charge in [0.15, 0.2) is 0 Å². The standard InChI is InChI=1S/C40H56O7Si2/c1-12-44-39(42)37-34(24-31(43-11)25-35(37)46-48(27(2)3,28(4)5)29(6)7)38(30-23-36(41)45-26-30)47-49(40(8,9)10,32-19-15-13-16-20-32)33-21-17-14-18-22-33/h13-22,24-25,27-30,38H,12,23,26H2,1-11H3/t30-,38-/m0/s1. The van der Waals surface area contributed by atoms with E-state index in [4.69, 9.17) is 23.1 Å². The molecule has 0 bridgehead atoms. The van der Waals surface area contributed by atoms with E-state index in [2.05, 4.69) is 86.6 Å². The maximum Gasteiger partial charge on any atom is 0.342 e. The Hall–Kier alpha value is -3.41. The normalized spacial score (nSPS) is 16.2. The maximum atomic E-state index is 14.3. The van der Waals surface area contributed by atoms with Gasteiger partial charge in [0.1, 0.15) is 17.1 Å². The molecule has 4 rings (SSSR count). The van der Waals surface area contributed by atoms with Gasteiger partial charge in [-0.25, -0.2) is 4.79 Å². The molecule has 0 amide bonds. The molecule has 0 aromatic heterocycles. The van der Waals surface area contributed by atoms with Crippen LogP contribution in [0.25, 0.3) is 0 Å². The summed E-state index contributed by atoms with van der Waals surface area (Å²) in [6.45, 7) is 22.1. The lowest BCUT2D eigenvalue weighted by Crippen LogP contribution is -2.67. The van der Waals surface area contributed by atoms with Crippen LogP contribution in [-0.4, -0.2) is 48.9 Å². The summed E-state index contributed by atoms with van der Waals surface area (Å²) in [5.74, 6) is -0.167. The quantitative estimate of drug-likeness (QED) is 0.123. The molecule has 0 unspecified atom stereocenters. The van der Waals surface area contributed by atoms with Crippen LogP contribution in [0.3, 0.4) is 0 Å². The van der Waals surface area contributed by atoms with Crippen molar-refractivity contribution in [1.29, 1.82) is 0 Å². The number of hydrogen-bond acceptors (Lipinski definition) is 7. The first-order chi connectivity index (χ1) is 23.1. The maximum absolute atomic E-state index is 14.3. The lowest BCUT2D eigenvalue weighted by atomic mass is 9.91. The minimum atomic E-state index is -3.20. The number of carbonyl (C=O) groups excluding carboxylic acids is 2. The number of cyclic esters (lactones) is 1. The molecule has 1 heterocycles. The second-order valence-electron chi connectivity index (χ2n) is 15.1. The molecular weight excluding hydrogens is 649 g/mol. The van der Waals surface area contributed by atoms with E-state index in [0.717, 1.165) is 10.4 Å². The fourth-order valence-corrected chi connectivity index (χ4v) is 18.0. The van der Waals surface area contributed by atoms with Gasteiger partial charge < -0.3 is 23.1 Å². The zero-order valence-electron chi connectivity index (χ0n) is 31.3. The third-order valence-electron chi connectivity index (χ3n) is 10.2. The number of rotatable bonds is 14. The molecule has 1 aliphatic rings. The van der Waals surface area contributed by atoms with Crippen molar-refractivity contribution in [1.82, 2.24) is 0 Å². The number of methoxy groups -OCH3 is 1. The molecule has 1 saturated heterocycles. The van der Waals surface area contributed by atoms with E-state index >= 15 is 0 Å². The topological polar surface area (TPSA) is 80.3 Å². The van der Waals surface area contributed by atoms with Gasteiger partial charge in [-0.2, -0.15) is 0 Å². The number of hydrogen-bond donors (Lipinski definition) is 0. The highest BCUT2D eigenvalue weighted by Gasteiger charge is 2.54. The first kappa shape index (κ1) is 38.4. The molecule has 9 heteroatoms. The summed E-state index contributed by atoms with van der Waals surface area (Å²) in [6.07, 6.45) is -0.580. The highest BCUT2D eigenvalue weighted by atomic mass is 28.4. The number of ether oxygens (including phenoxy) is 3. The molecular formula is C40H56O7Si2. The Morgan fingerprint density at radius 1 is 0.878 bits per heavy atom. The summed E-state index contributed by atoms with van der Waals surface area (Å²) in [5, 5.41) is 1.81. The van der Waals surface area contributed by atoms with Crippen molar-refractivity contribution in [2.24, 2.45) is 5.92 Å². The van der Waals surface area contributed by atoms with Gasteiger partial charge in [-0.3, -0.25) is 4.79 Å². The number of carbonyl (C=O) groups is 2. The lowest BCUT2D eigenvalue weighted by Gasteiger charge is -2.46. The molecule has 7 nitrogen and oxygen atoms in total. The van der Waals surface area contributed by atoms with Crippen LogP contribution in [0.2, 0.25) is 21.7 Å². The Labute approximate surface area is 295 Å². The molecule has 266 valence electrons. The molecule has 0 aliphatic carbocycles. The molecule has 0 N–H and O–H groups in total. The van der Waals surface area contributed by atoms with Crippen LogP contribution in [0, 0.1) is 5.92 Å². The molecule has 49 heavy (non-hydrogen) atoms. The van der Waals surface area contributed by atoms with Gasteiger partial charge in [-0.05, 0) is 45.0 Å². The smallest absolute Gasteiger partial charge is 0.342 e. The second kappa shape index (κ2) is 15.6. The number of benzene rings is 3. The van der Waals surface area contributed by atoms with Crippen molar-refractivity contribution in [2.75, 3.05) is 20.3 Å². The Balaban J connectivity index is 2.11. The summed E-state index contributed by atoms with van der Waals surface area (Å²) in [5.41, 5.74) is 1.67. The molecule has 3 aromatic rings. The van der Waals surface area contributed by atoms with Crippen LogP contribution in [0.4, 0.5) is 0 Å². The van der Waals surface area contributed by atoms with Gasteiger partial charge in [0.05, 0.1) is 32.8 Å². The summed E-state index contributed by atoms with van der Waals surface area (Å²) < 4.78 is 32.4. The second-order valence-corrected chi connectivity index (χ2v) is 24.7. The van der Waals surface area contributed by atoms with Crippen LogP contribution < -0.4 is 19.5 Å². The Kier molecular flexibility index (Phi) is 12.3. The monoisotopic (exact) mass is 704 g/mol. The molecule has 0 saturated carbocycles. The first-order valence-corrected chi connectivity index (χ1v) is 21.7. The summed E-state index contributed by atoms with van der Waals surface area (Å²) in [4.78, 5) is 27.1. The van der Waals surface area contributed by atoms with E-state index in [0.29, 0.717) is 22.6 Å². The van der Waals surface area contributed by atoms with E-state index < -0.39 is 28.7 Å². The van der Waals surface area contributed by atoms with Crippen molar-refractivity contribution in [3.05, 3.63) is 83.9 Å². The largest absolute Gasteiger partial charge is 0.542 e. The van der Waals surface area contributed by atoms with E-state index in [1.807, 2.05) is 48.5 Å². The third kappa shape index (κ3) is 7.54. The Bertz CT molecular complexity index is 1500. The Morgan fingerprint density at radius 2 is 1.41 bits per heavy atom. The molecule has 0 radical (unpaired) electrons. The summed E-state index contributed by atoms with van der Waals surface area (Å²) >= 11 is 0. The molecule has 1 fully saturated rings. The lowest BCUT2D eigenvalue weighted by molar-refractivity contribution is -0.137. The first-order valence-electron chi connectivity index (χ1n) is 17.7. The van der Waals surface area contributed by atoms with Crippen LogP contribution in [0.5, 0.6) is 11.5 Å². The van der Waals surface area contributed by atoms with Crippen molar-refractivity contribution >= 4 is 38.9 Å². The van der Waals surface area contributed by atoms with Gasteiger partial charge >= 0.3 is 11.9 Å². The summed E-state index contributed by atoms with van der Waals surface area (Å²) in [7, 11) is -4.14. The van der Waals surface area contributed by atoms with Gasteiger partial charge in [0.2, 0.25) is 0 Å². The van der Waals surface area contributed by atoms with Crippen LogP contribution in [0.15, 0.2) is 72.8 Å². The minimum absolute atomic E-state index is 0.154. The van der Waals surface area contributed by atoms with E-state index in [-0.39, 0.29) is 53.2 Å². The average molecular weight is 705 g/mol. The highest BCUT2D eigenvalue weighted by Crippen LogP contribution is 2.49. The van der Waals surface area contributed by atoms with Gasteiger partial charge in [0, 0.05) is 17.5 Å². The average Bonchev–Trinajstić information content (AvgIpc) is 3.49. The molecule has 0 spiro atoms. The van der Waals surface area contributed by atoms with Gasteiger partial charge in [0.25, 0.3) is 16.6 Å². The number of esters is 2. The van der Waals surface area contributed by atoms with Crippen molar-refractivity contribution < 1.29 is 32.7 Å². The van der Waals surface area contributed by atoms with E-state index in [1.165, 1.54) is 0 Å².